The summed E-state index contributed by atoms with van der Waals surface area (Å²) in [6.45, 7) is 3.93. The van der Waals surface area contributed by atoms with Gasteiger partial charge in [-0.1, -0.05) is 19.1 Å². The first-order chi connectivity index (χ1) is 9.42. The molecule has 6 nitrogen and oxygen atoms in total. The van der Waals surface area contributed by atoms with Gasteiger partial charge in [-0.15, -0.1) is 0 Å². The Morgan fingerprint density at radius 2 is 1.95 bits per heavy atom. The van der Waals surface area contributed by atoms with Gasteiger partial charge in [-0.3, -0.25) is 4.79 Å². The van der Waals surface area contributed by atoms with Crippen LogP contribution in [-0.4, -0.2) is 34.0 Å². The van der Waals surface area contributed by atoms with Crippen molar-refractivity contribution < 1.29 is 13.2 Å². The van der Waals surface area contributed by atoms with E-state index in [0.29, 0.717) is 18.7 Å². The summed E-state index contributed by atoms with van der Waals surface area (Å²) in [4.78, 5) is 11.7. The molecule has 0 radical (unpaired) electrons. The highest BCUT2D eigenvalue weighted by atomic mass is 32.2. The van der Waals surface area contributed by atoms with Crippen LogP contribution in [0, 0.1) is 0 Å². The molecule has 0 aromatic heterocycles. The maximum atomic E-state index is 12.2. The third kappa shape index (κ3) is 4.21. The van der Waals surface area contributed by atoms with E-state index in [-0.39, 0.29) is 10.8 Å². The molecule has 1 aromatic carbocycles. The van der Waals surface area contributed by atoms with E-state index in [1.165, 1.54) is 13.1 Å². The molecule has 3 N–H and O–H groups in total. The van der Waals surface area contributed by atoms with Crippen molar-refractivity contribution in [2.45, 2.75) is 31.2 Å². The smallest absolute Gasteiger partial charge is 0.242 e. The molecule has 1 unspecified atom stereocenters. The van der Waals surface area contributed by atoms with Gasteiger partial charge in [-0.25, -0.2) is 13.1 Å². The number of hydrogen-bond acceptors (Lipinski definition) is 4. The first-order valence-electron chi connectivity index (χ1n) is 6.49. The highest BCUT2D eigenvalue weighted by Crippen LogP contribution is 2.21. The van der Waals surface area contributed by atoms with Crippen LogP contribution in [0.25, 0.3) is 0 Å². The molecule has 0 bridgehead atoms. The first kappa shape index (κ1) is 16.5. The lowest BCUT2D eigenvalue weighted by Gasteiger charge is -2.17. The van der Waals surface area contributed by atoms with Gasteiger partial charge in [0.05, 0.1) is 5.69 Å². The number of anilines is 1. The molecule has 0 spiro atoms. The van der Waals surface area contributed by atoms with E-state index in [2.05, 4.69) is 15.4 Å². The zero-order chi connectivity index (χ0) is 15.2. The second-order valence-electron chi connectivity index (χ2n) is 4.37. The summed E-state index contributed by atoms with van der Waals surface area (Å²) in [6.07, 6.45) is 0.712. The Kier molecular flexibility index (Phi) is 5.97. The summed E-state index contributed by atoms with van der Waals surface area (Å²) >= 11 is 0. The van der Waals surface area contributed by atoms with Gasteiger partial charge >= 0.3 is 0 Å². The third-order valence-electron chi connectivity index (χ3n) is 2.73. The van der Waals surface area contributed by atoms with Crippen LogP contribution in [-0.2, 0) is 14.8 Å². The summed E-state index contributed by atoms with van der Waals surface area (Å²) in [5.41, 5.74) is 0.409. The topological polar surface area (TPSA) is 87.3 Å². The van der Waals surface area contributed by atoms with Gasteiger partial charge in [0.1, 0.15) is 10.9 Å². The number of sulfonamides is 1. The van der Waals surface area contributed by atoms with Gasteiger partial charge in [0.15, 0.2) is 0 Å². The summed E-state index contributed by atoms with van der Waals surface area (Å²) < 4.78 is 26.9. The van der Waals surface area contributed by atoms with Crippen LogP contribution >= 0.6 is 0 Å². The lowest BCUT2D eigenvalue weighted by Crippen LogP contribution is -2.36. The van der Waals surface area contributed by atoms with E-state index in [1.807, 2.05) is 6.92 Å². The van der Waals surface area contributed by atoms with E-state index >= 15 is 0 Å². The monoisotopic (exact) mass is 299 g/mol. The number of carbonyl (C=O) groups is 1. The largest absolute Gasteiger partial charge is 0.373 e. The summed E-state index contributed by atoms with van der Waals surface area (Å²) in [6, 6.07) is 5.99. The van der Waals surface area contributed by atoms with E-state index < -0.39 is 16.1 Å². The normalized spacial score (nSPS) is 12.8. The molecule has 0 aliphatic carbocycles. The van der Waals surface area contributed by atoms with Crippen LogP contribution < -0.4 is 15.4 Å². The fourth-order valence-electron chi connectivity index (χ4n) is 1.65. The molecule has 0 aliphatic heterocycles. The van der Waals surface area contributed by atoms with Crippen molar-refractivity contribution in [3.05, 3.63) is 24.3 Å². The molecule has 0 saturated carbocycles. The zero-order valence-electron chi connectivity index (χ0n) is 11.9. The van der Waals surface area contributed by atoms with Crippen molar-refractivity contribution in [2.24, 2.45) is 0 Å². The molecule has 0 saturated heterocycles. The molecule has 1 atom stereocenters. The minimum absolute atomic E-state index is 0.143. The van der Waals surface area contributed by atoms with Gasteiger partial charge in [-0.2, -0.15) is 0 Å². The van der Waals surface area contributed by atoms with E-state index in [1.54, 1.807) is 25.1 Å². The lowest BCUT2D eigenvalue weighted by atomic mass is 10.2. The molecule has 7 heteroatoms. The quantitative estimate of drug-likeness (QED) is 0.699. The maximum Gasteiger partial charge on any atom is 0.242 e. The zero-order valence-corrected chi connectivity index (χ0v) is 12.8. The fourth-order valence-corrected chi connectivity index (χ4v) is 2.95. The van der Waals surface area contributed by atoms with E-state index in [4.69, 9.17) is 0 Å². The fraction of sp³-hybridized carbons (Fsp3) is 0.462. The van der Waals surface area contributed by atoms with E-state index in [0.717, 1.165) is 0 Å². The SMILES string of the molecule is CCCNS(=O)(=O)c1ccccc1NC(C)C(=O)NC. The standard InChI is InChI=1S/C13H21N3O3S/c1-4-9-15-20(18,19)12-8-6-5-7-11(12)16-10(2)13(17)14-3/h5-8,10,15-16H,4,9H2,1-3H3,(H,14,17). The molecular formula is C13H21N3O3S. The van der Waals surface area contributed by atoms with Crippen molar-refractivity contribution in [1.29, 1.82) is 0 Å². The summed E-state index contributed by atoms with van der Waals surface area (Å²) in [5.74, 6) is -0.210. The number of nitrogens with one attached hydrogen (secondary N) is 3. The van der Waals surface area contributed by atoms with Gasteiger partial charge in [0, 0.05) is 13.6 Å². The second kappa shape index (κ2) is 7.25. The minimum Gasteiger partial charge on any atom is -0.373 e. The number of benzene rings is 1. The van der Waals surface area contributed by atoms with Crippen LogP contribution in [0.4, 0.5) is 5.69 Å². The van der Waals surface area contributed by atoms with Crippen molar-refractivity contribution >= 4 is 21.6 Å². The van der Waals surface area contributed by atoms with Crippen LogP contribution in [0.1, 0.15) is 20.3 Å². The van der Waals surface area contributed by atoms with Gasteiger partial charge in [-0.05, 0) is 25.5 Å². The summed E-state index contributed by atoms with van der Waals surface area (Å²) in [7, 11) is -2.04. The maximum absolute atomic E-state index is 12.2. The van der Waals surface area contributed by atoms with Crippen molar-refractivity contribution in [3.63, 3.8) is 0 Å². The third-order valence-corrected chi connectivity index (χ3v) is 4.25. The van der Waals surface area contributed by atoms with Crippen LogP contribution in [0.15, 0.2) is 29.2 Å². The molecule has 1 rings (SSSR count). The Bertz CT molecular complexity index is 558. The highest BCUT2D eigenvalue weighted by Gasteiger charge is 2.19. The number of amides is 1. The predicted octanol–water partition coefficient (Wildman–Crippen LogP) is 0.921. The predicted molar refractivity (Wildman–Crippen MR) is 79.1 cm³/mol. The molecule has 1 aromatic rings. The number of carbonyl (C=O) groups excluding carboxylic acids is 1. The molecule has 0 aliphatic rings. The van der Waals surface area contributed by atoms with Crippen molar-refractivity contribution in [2.75, 3.05) is 18.9 Å². The molecule has 1 amide bonds. The molecule has 112 valence electrons. The molecule has 20 heavy (non-hydrogen) atoms. The first-order valence-corrected chi connectivity index (χ1v) is 7.97. The minimum atomic E-state index is -3.58. The lowest BCUT2D eigenvalue weighted by molar-refractivity contribution is -0.121. The Labute approximate surface area is 120 Å². The Hall–Kier alpha value is -1.60. The average Bonchev–Trinajstić information content (AvgIpc) is 2.44. The summed E-state index contributed by atoms with van der Waals surface area (Å²) in [5, 5.41) is 5.42. The Morgan fingerprint density at radius 1 is 1.30 bits per heavy atom. The van der Waals surface area contributed by atoms with Crippen LogP contribution in [0.2, 0.25) is 0 Å². The molecule has 0 fully saturated rings. The highest BCUT2D eigenvalue weighted by molar-refractivity contribution is 7.89. The van der Waals surface area contributed by atoms with Gasteiger partial charge in [0.25, 0.3) is 0 Å². The number of rotatable bonds is 7. The van der Waals surface area contributed by atoms with Crippen LogP contribution in [0.3, 0.4) is 0 Å². The number of likely N-dealkylation sites (N-methyl/N-ethyl adjacent to an activating group) is 1. The molecular weight excluding hydrogens is 278 g/mol. The van der Waals surface area contributed by atoms with Gasteiger partial charge in [0.2, 0.25) is 15.9 Å². The van der Waals surface area contributed by atoms with Crippen LogP contribution in [0.5, 0.6) is 0 Å². The molecule has 0 heterocycles. The van der Waals surface area contributed by atoms with Crippen molar-refractivity contribution in [1.82, 2.24) is 10.0 Å². The van der Waals surface area contributed by atoms with Gasteiger partial charge < -0.3 is 10.6 Å². The number of para-hydroxylation sites is 1. The second-order valence-corrected chi connectivity index (χ2v) is 6.11. The van der Waals surface area contributed by atoms with E-state index in [9.17, 15) is 13.2 Å². The van der Waals surface area contributed by atoms with Crippen molar-refractivity contribution in [3.8, 4) is 0 Å². The number of hydrogen-bond donors (Lipinski definition) is 3. The Balaban J connectivity index is 3.02. The average molecular weight is 299 g/mol. The Morgan fingerprint density at radius 3 is 2.55 bits per heavy atom.